The minimum absolute atomic E-state index is 0.0968. The van der Waals surface area contributed by atoms with Crippen molar-refractivity contribution in [2.75, 3.05) is 18.2 Å². The number of aryl methyl sites for hydroxylation is 1. The van der Waals surface area contributed by atoms with E-state index in [2.05, 4.69) is 10.9 Å². The Morgan fingerprint density at radius 3 is 2.57 bits per heavy atom. The van der Waals surface area contributed by atoms with E-state index in [4.69, 9.17) is 9.47 Å². The average molecular weight is 381 g/mol. The van der Waals surface area contributed by atoms with Crippen LogP contribution < -0.4 is 25.2 Å². The first-order valence-electron chi connectivity index (χ1n) is 8.88. The number of ether oxygens (including phenoxy) is 2. The number of nitrogens with zero attached hydrogens (tertiary/aromatic N) is 1. The zero-order valence-electron chi connectivity index (χ0n) is 15.2. The maximum absolute atomic E-state index is 12.4. The number of benzene rings is 2. The lowest BCUT2D eigenvalue weighted by molar-refractivity contribution is -0.126. The summed E-state index contributed by atoms with van der Waals surface area (Å²) in [5, 5.41) is 0. The summed E-state index contributed by atoms with van der Waals surface area (Å²) >= 11 is 0. The van der Waals surface area contributed by atoms with Crippen molar-refractivity contribution in [3.05, 3.63) is 53.6 Å². The highest BCUT2D eigenvalue weighted by molar-refractivity contribution is 6.01. The predicted molar refractivity (Wildman–Crippen MR) is 99.8 cm³/mol. The van der Waals surface area contributed by atoms with Crippen LogP contribution in [0.2, 0.25) is 0 Å². The molecule has 2 aromatic rings. The van der Waals surface area contributed by atoms with E-state index < -0.39 is 17.7 Å². The molecule has 2 aromatic carbocycles. The van der Waals surface area contributed by atoms with E-state index in [0.717, 1.165) is 11.3 Å². The molecule has 0 aliphatic carbocycles. The first-order chi connectivity index (χ1) is 13.5. The number of rotatable bonds is 3. The molecule has 144 valence electrons. The average Bonchev–Trinajstić information content (AvgIpc) is 3.32. The van der Waals surface area contributed by atoms with Crippen molar-refractivity contribution in [3.8, 4) is 11.5 Å². The summed E-state index contributed by atoms with van der Waals surface area (Å²) < 4.78 is 10.4. The van der Waals surface area contributed by atoms with Gasteiger partial charge in [0.1, 0.15) is 0 Å². The number of hydrazine groups is 1. The van der Waals surface area contributed by atoms with Crippen LogP contribution >= 0.6 is 0 Å². The van der Waals surface area contributed by atoms with Gasteiger partial charge in [-0.05, 0) is 37.3 Å². The fourth-order valence-electron chi connectivity index (χ4n) is 3.19. The maximum Gasteiger partial charge on any atom is 0.269 e. The van der Waals surface area contributed by atoms with Crippen LogP contribution in [0.25, 0.3) is 0 Å². The smallest absolute Gasteiger partial charge is 0.269 e. The van der Waals surface area contributed by atoms with Crippen LogP contribution in [0.3, 0.4) is 0 Å². The van der Waals surface area contributed by atoms with Gasteiger partial charge in [-0.15, -0.1) is 0 Å². The molecule has 2 aliphatic heterocycles. The molecule has 8 heteroatoms. The third kappa shape index (κ3) is 3.48. The number of carbonyl (C=O) groups excluding carboxylic acids is 3. The molecule has 4 rings (SSSR count). The SMILES string of the molecule is Cc1ccc(N2C[C@H](C(=O)NNC(=O)c3ccc4c(c3)OCO4)CC2=O)cc1. The van der Waals surface area contributed by atoms with E-state index in [1.54, 1.807) is 23.1 Å². The van der Waals surface area contributed by atoms with Crippen molar-refractivity contribution in [3.63, 3.8) is 0 Å². The van der Waals surface area contributed by atoms with Crippen LogP contribution in [0.5, 0.6) is 11.5 Å². The van der Waals surface area contributed by atoms with Crippen LogP contribution in [0.4, 0.5) is 5.69 Å². The Labute approximate surface area is 161 Å². The van der Waals surface area contributed by atoms with Crippen LogP contribution in [0, 0.1) is 12.8 Å². The van der Waals surface area contributed by atoms with Gasteiger partial charge < -0.3 is 14.4 Å². The molecule has 1 atom stereocenters. The van der Waals surface area contributed by atoms with Crippen LogP contribution in [-0.4, -0.2) is 31.1 Å². The molecule has 1 fully saturated rings. The third-order valence-electron chi connectivity index (χ3n) is 4.78. The minimum Gasteiger partial charge on any atom is -0.454 e. The standard InChI is InChI=1S/C20H19N3O5/c1-12-2-5-15(6-3-12)23-10-14(9-18(23)24)20(26)22-21-19(25)13-4-7-16-17(8-13)28-11-27-16/h2-8,14H,9-11H2,1H3,(H,21,25)(H,22,26)/t14-/m1/s1. The Bertz CT molecular complexity index is 941. The second-order valence-electron chi connectivity index (χ2n) is 6.75. The summed E-state index contributed by atoms with van der Waals surface area (Å²) in [4.78, 5) is 38.5. The Morgan fingerprint density at radius 2 is 1.79 bits per heavy atom. The predicted octanol–water partition coefficient (Wildman–Crippen LogP) is 1.54. The van der Waals surface area contributed by atoms with Gasteiger partial charge in [-0.3, -0.25) is 25.2 Å². The third-order valence-corrected chi connectivity index (χ3v) is 4.78. The quantitative estimate of drug-likeness (QED) is 0.786. The van der Waals surface area contributed by atoms with Crippen molar-refractivity contribution in [2.45, 2.75) is 13.3 Å². The molecule has 8 nitrogen and oxygen atoms in total. The van der Waals surface area contributed by atoms with Crippen molar-refractivity contribution in [1.82, 2.24) is 10.9 Å². The fraction of sp³-hybridized carbons (Fsp3) is 0.250. The molecule has 2 heterocycles. The highest BCUT2D eigenvalue weighted by atomic mass is 16.7. The number of hydrogen-bond donors (Lipinski definition) is 2. The first kappa shape index (κ1) is 17.8. The topological polar surface area (TPSA) is 97.0 Å². The first-order valence-corrected chi connectivity index (χ1v) is 8.88. The number of amides is 3. The summed E-state index contributed by atoms with van der Waals surface area (Å²) in [5.74, 6) is -0.490. The number of fused-ring (bicyclic) bond motifs is 1. The van der Waals surface area contributed by atoms with Gasteiger partial charge in [0.25, 0.3) is 5.91 Å². The lowest BCUT2D eigenvalue weighted by Gasteiger charge is -2.17. The van der Waals surface area contributed by atoms with E-state index in [1.165, 1.54) is 0 Å². The molecule has 0 spiro atoms. The molecule has 28 heavy (non-hydrogen) atoms. The zero-order chi connectivity index (χ0) is 19.7. The summed E-state index contributed by atoms with van der Waals surface area (Å²) in [6.07, 6.45) is 0.0968. The van der Waals surface area contributed by atoms with E-state index in [0.29, 0.717) is 17.1 Å². The van der Waals surface area contributed by atoms with Gasteiger partial charge in [-0.25, -0.2) is 0 Å². The molecule has 0 radical (unpaired) electrons. The highest BCUT2D eigenvalue weighted by Gasteiger charge is 2.35. The van der Waals surface area contributed by atoms with Gasteiger partial charge in [-0.1, -0.05) is 17.7 Å². The van der Waals surface area contributed by atoms with Crippen molar-refractivity contribution in [2.24, 2.45) is 5.92 Å². The van der Waals surface area contributed by atoms with Crippen molar-refractivity contribution < 1.29 is 23.9 Å². The number of hydrogen-bond acceptors (Lipinski definition) is 5. The van der Waals surface area contributed by atoms with Gasteiger partial charge in [-0.2, -0.15) is 0 Å². The Balaban J connectivity index is 1.34. The normalized spacial score (nSPS) is 17.5. The summed E-state index contributed by atoms with van der Waals surface area (Å²) in [6.45, 7) is 2.35. The fourth-order valence-corrected chi connectivity index (χ4v) is 3.19. The summed E-state index contributed by atoms with van der Waals surface area (Å²) in [6, 6.07) is 12.3. The summed E-state index contributed by atoms with van der Waals surface area (Å²) in [7, 11) is 0. The molecule has 0 bridgehead atoms. The molecule has 0 saturated carbocycles. The van der Waals surface area contributed by atoms with Crippen molar-refractivity contribution >= 4 is 23.4 Å². The molecule has 2 aliphatic rings. The van der Waals surface area contributed by atoms with Crippen LogP contribution in [0.1, 0.15) is 22.3 Å². The van der Waals surface area contributed by atoms with Gasteiger partial charge in [0.15, 0.2) is 11.5 Å². The Kier molecular flexibility index (Phi) is 4.60. The van der Waals surface area contributed by atoms with Crippen LogP contribution in [-0.2, 0) is 9.59 Å². The van der Waals surface area contributed by atoms with E-state index >= 15 is 0 Å². The Morgan fingerprint density at radius 1 is 1.04 bits per heavy atom. The Hall–Kier alpha value is -3.55. The molecular weight excluding hydrogens is 362 g/mol. The molecule has 0 aromatic heterocycles. The molecule has 3 amide bonds. The maximum atomic E-state index is 12.4. The van der Waals surface area contributed by atoms with E-state index in [-0.39, 0.29) is 25.7 Å². The van der Waals surface area contributed by atoms with Crippen LogP contribution in [0.15, 0.2) is 42.5 Å². The molecule has 0 unspecified atom stereocenters. The lowest BCUT2D eigenvalue weighted by atomic mass is 10.1. The lowest BCUT2D eigenvalue weighted by Crippen LogP contribution is -2.45. The number of nitrogens with one attached hydrogen (secondary N) is 2. The summed E-state index contributed by atoms with van der Waals surface area (Å²) in [5.41, 5.74) is 6.96. The van der Waals surface area contributed by atoms with Crippen molar-refractivity contribution in [1.29, 1.82) is 0 Å². The zero-order valence-corrected chi connectivity index (χ0v) is 15.2. The van der Waals surface area contributed by atoms with E-state index in [1.807, 2.05) is 31.2 Å². The molecular formula is C20H19N3O5. The molecule has 2 N–H and O–H groups in total. The second-order valence-corrected chi connectivity index (χ2v) is 6.75. The number of carbonyl (C=O) groups is 3. The molecule has 1 saturated heterocycles. The second kappa shape index (κ2) is 7.22. The monoisotopic (exact) mass is 381 g/mol. The van der Waals surface area contributed by atoms with Gasteiger partial charge in [0.05, 0.1) is 5.92 Å². The largest absolute Gasteiger partial charge is 0.454 e. The van der Waals surface area contributed by atoms with Gasteiger partial charge in [0, 0.05) is 24.2 Å². The van der Waals surface area contributed by atoms with Gasteiger partial charge in [0.2, 0.25) is 18.6 Å². The number of anilines is 1. The van der Waals surface area contributed by atoms with Gasteiger partial charge >= 0.3 is 0 Å². The highest BCUT2D eigenvalue weighted by Crippen LogP contribution is 2.32. The minimum atomic E-state index is -0.536. The van der Waals surface area contributed by atoms with E-state index in [9.17, 15) is 14.4 Å².